The fourth-order valence-corrected chi connectivity index (χ4v) is 1.65. The van der Waals surface area contributed by atoms with Crippen molar-refractivity contribution in [3.8, 4) is 0 Å². The van der Waals surface area contributed by atoms with Gasteiger partial charge in [-0.25, -0.2) is 4.79 Å². The van der Waals surface area contributed by atoms with Gasteiger partial charge in [0, 0.05) is 0 Å². The summed E-state index contributed by atoms with van der Waals surface area (Å²) in [5.74, 6) is -2.53. The predicted octanol–water partition coefficient (Wildman–Crippen LogP) is 2.21. The number of aliphatic carboxylic acids is 1. The van der Waals surface area contributed by atoms with E-state index in [1.54, 1.807) is 12.1 Å². The van der Waals surface area contributed by atoms with E-state index in [4.69, 9.17) is 10.2 Å². The van der Waals surface area contributed by atoms with Gasteiger partial charge in [0.2, 0.25) is 0 Å². The molecule has 0 radical (unpaired) electrons. The Hall–Kier alpha value is -1.84. The molecule has 0 spiro atoms. The Kier molecular flexibility index (Phi) is 3.66. The van der Waals surface area contributed by atoms with Crippen molar-refractivity contribution in [3.05, 3.63) is 35.4 Å². The van der Waals surface area contributed by atoms with E-state index in [9.17, 15) is 9.59 Å². The third-order valence-electron chi connectivity index (χ3n) is 2.45. The molecule has 0 fully saturated rings. The molecule has 0 heterocycles. The first kappa shape index (κ1) is 12.2. The highest BCUT2D eigenvalue weighted by atomic mass is 16.4. The molecule has 1 atom stereocenters. The van der Waals surface area contributed by atoms with Crippen LogP contribution in [0.1, 0.15) is 35.7 Å². The highest BCUT2D eigenvalue weighted by Crippen LogP contribution is 2.24. The minimum absolute atomic E-state index is 0.0341. The molecule has 1 aromatic carbocycles. The van der Waals surface area contributed by atoms with E-state index in [0.717, 1.165) is 0 Å². The Morgan fingerprint density at radius 1 is 1.06 bits per heavy atom. The summed E-state index contributed by atoms with van der Waals surface area (Å²) in [5.41, 5.74) is 0.796. The minimum Gasteiger partial charge on any atom is -0.481 e. The van der Waals surface area contributed by atoms with Gasteiger partial charge in [-0.3, -0.25) is 4.79 Å². The number of carboxylic acids is 2. The van der Waals surface area contributed by atoms with Gasteiger partial charge in [0.25, 0.3) is 0 Å². The number of aromatic carboxylic acids is 1. The maximum atomic E-state index is 11.0. The van der Waals surface area contributed by atoms with Crippen molar-refractivity contribution < 1.29 is 19.8 Å². The molecule has 2 N–H and O–H groups in total. The van der Waals surface area contributed by atoms with E-state index in [2.05, 4.69) is 0 Å². The average molecular weight is 222 g/mol. The first-order valence-electron chi connectivity index (χ1n) is 4.99. The largest absolute Gasteiger partial charge is 0.481 e. The van der Waals surface area contributed by atoms with E-state index >= 15 is 0 Å². The molecule has 16 heavy (non-hydrogen) atoms. The zero-order chi connectivity index (χ0) is 12.3. The SMILES string of the molecule is CC(C)C(C(=O)O)c1ccc(C(=O)O)cc1. The molecular weight excluding hydrogens is 208 g/mol. The van der Waals surface area contributed by atoms with Crippen LogP contribution in [0.15, 0.2) is 24.3 Å². The molecular formula is C12H14O4. The molecule has 0 bridgehead atoms. The normalized spacial score (nSPS) is 12.4. The fraction of sp³-hybridized carbons (Fsp3) is 0.333. The molecule has 0 saturated heterocycles. The molecule has 4 nitrogen and oxygen atoms in total. The summed E-state index contributed by atoms with van der Waals surface area (Å²) in [6.07, 6.45) is 0. The molecule has 1 aromatic rings. The van der Waals surface area contributed by atoms with Gasteiger partial charge in [-0.1, -0.05) is 26.0 Å². The Morgan fingerprint density at radius 3 is 1.88 bits per heavy atom. The number of hydrogen-bond donors (Lipinski definition) is 2. The average Bonchev–Trinajstić information content (AvgIpc) is 2.17. The van der Waals surface area contributed by atoms with Crippen LogP contribution >= 0.6 is 0 Å². The number of carbonyl (C=O) groups is 2. The van der Waals surface area contributed by atoms with Gasteiger partial charge in [0.05, 0.1) is 11.5 Å². The number of hydrogen-bond acceptors (Lipinski definition) is 2. The van der Waals surface area contributed by atoms with Crippen LogP contribution in [0.4, 0.5) is 0 Å². The molecule has 1 rings (SSSR count). The van der Waals surface area contributed by atoms with Crippen LogP contribution in [0.2, 0.25) is 0 Å². The van der Waals surface area contributed by atoms with Gasteiger partial charge in [-0.2, -0.15) is 0 Å². The van der Waals surface area contributed by atoms with Crippen molar-refractivity contribution in [2.75, 3.05) is 0 Å². The molecule has 0 aliphatic carbocycles. The van der Waals surface area contributed by atoms with Crippen molar-refractivity contribution >= 4 is 11.9 Å². The van der Waals surface area contributed by atoms with E-state index in [0.29, 0.717) is 5.56 Å². The Balaban J connectivity index is 3.03. The summed E-state index contributed by atoms with van der Waals surface area (Å²) in [6, 6.07) is 5.97. The van der Waals surface area contributed by atoms with Gasteiger partial charge in [-0.05, 0) is 23.6 Å². The van der Waals surface area contributed by atoms with Crippen molar-refractivity contribution in [1.82, 2.24) is 0 Å². The quantitative estimate of drug-likeness (QED) is 0.819. The lowest BCUT2D eigenvalue weighted by Crippen LogP contribution is -2.17. The second-order valence-corrected chi connectivity index (χ2v) is 3.99. The topological polar surface area (TPSA) is 74.6 Å². The van der Waals surface area contributed by atoms with Crippen LogP contribution in [0.25, 0.3) is 0 Å². The third kappa shape index (κ3) is 2.59. The molecule has 1 unspecified atom stereocenters. The van der Waals surface area contributed by atoms with Gasteiger partial charge in [0.1, 0.15) is 0 Å². The van der Waals surface area contributed by atoms with Gasteiger partial charge >= 0.3 is 11.9 Å². The third-order valence-corrected chi connectivity index (χ3v) is 2.45. The van der Waals surface area contributed by atoms with Crippen LogP contribution < -0.4 is 0 Å². The van der Waals surface area contributed by atoms with Crippen molar-refractivity contribution in [1.29, 1.82) is 0 Å². The Bertz CT molecular complexity index is 392. The van der Waals surface area contributed by atoms with Crippen LogP contribution in [-0.2, 0) is 4.79 Å². The van der Waals surface area contributed by atoms with Crippen molar-refractivity contribution in [2.24, 2.45) is 5.92 Å². The lowest BCUT2D eigenvalue weighted by molar-refractivity contribution is -0.139. The zero-order valence-corrected chi connectivity index (χ0v) is 9.18. The molecule has 0 saturated carbocycles. The maximum absolute atomic E-state index is 11.0. The molecule has 86 valence electrons. The summed E-state index contributed by atoms with van der Waals surface area (Å²) in [4.78, 5) is 21.7. The van der Waals surface area contributed by atoms with E-state index < -0.39 is 17.9 Å². The van der Waals surface area contributed by atoms with Crippen LogP contribution in [0, 0.1) is 5.92 Å². The number of carboxylic acid groups (broad SMARTS) is 2. The molecule has 0 aromatic heterocycles. The van der Waals surface area contributed by atoms with Crippen LogP contribution in [0.5, 0.6) is 0 Å². The smallest absolute Gasteiger partial charge is 0.335 e. The van der Waals surface area contributed by atoms with Gasteiger partial charge in [0.15, 0.2) is 0 Å². The van der Waals surface area contributed by atoms with Gasteiger partial charge < -0.3 is 10.2 Å². The predicted molar refractivity (Wildman–Crippen MR) is 58.6 cm³/mol. The van der Waals surface area contributed by atoms with Crippen LogP contribution in [-0.4, -0.2) is 22.2 Å². The lowest BCUT2D eigenvalue weighted by atomic mass is 9.88. The standard InChI is InChI=1S/C12H14O4/c1-7(2)10(12(15)16)8-3-5-9(6-4-8)11(13)14/h3-7,10H,1-2H3,(H,13,14)(H,15,16). The zero-order valence-electron chi connectivity index (χ0n) is 9.18. The van der Waals surface area contributed by atoms with Gasteiger partial charge in [-0.15, -0.1) is 0 Å². The number of benzene rings is 1. The first-order chi connectivity index (χ1) is 7.43. The van der Waals surface area contributed by atoms with E-state index in [-0.39, 0.29) is 11.5 Å². The second kappa shape index (κ2) is 4.79. The van der Waals surface area contributed by atoms with Crippen molar-refractivity contribution in [3.63, 3.8) is 0 Å². The first-order valence-corrected chi connectivity index (χ1v) is 4.99. The summed E-state index contributed by atoms with van der Waals surface area (Å²) < 4.78 is 0. The summed E-state index contributed by atoms with van der Waals surface area (Å²) in [7, 11) is 0. The monoisotopic (exact) mass is 222 g/mol. The Labute approximate surface area is 93.5 Å². The summed E-state index contributed by atoms with van der Waals surface area (Å²) >= 11 is 0. The lowest BCUT2D eigenvalue weighted by Gasteiger charge is -2.16. The highest BCUT2D eigenvalue weighted by Gasteiger charge is 2.23. The molecule has 0 amide bonds. The van der Waals surface area contributed by atoms with Crippen molar-refractivity contribution in [2.45, 2.75) is 19.8 Å². The van der Waals surface area contributed by atoms with E-state index in [1.165, 1.54) is 12.1 Å². The Morgan fingerprint density at radius 2 is 1.56 bits per heavy atom. The molecule has 4 heteroatoms. The fourth-order valence-electron chi connectivity index (χ4n) is 1.65. The summed E-state index contributed by atoms with van der Waals surface area (Å²) in [6.45, 7) is 3.65. The second-order valence-electron chi connectivity index (χ2n) is 3.99. The van der Waals surface area contributed by atoms with Crippen LogP contribution in [0.3, 0.4) is 0 Å². The van der Waals surface area contributed by atoms with E-state index in [1.807, 2.05) is 13.8 Å². The maximum Gasteiger partial charge on any atom is 0.335 e. The highest BCUT2D eigenvalue weighted by molar-refractivity contribution is 5.87. The number of rotatable bonds is 4. The minimum atomic E-state index is -1.01. The molecule has 0 aliphatic rings. The molecule has 0 aliphatic heterocycles. The summed E-state index contributed by atoms with van der Waals surface area (Å²) in [5, 5.41) is 17.8.